The van der Waals surface area contributed by atoms with Crippen LogP contribution in [0, 0.1) is 0 Å². The fourth-order valence-corrected chi connectivity index (χ4v) is 8.26. The van der Waals surface area contributed by atoms with Gasteiger partial charge in [-0.25, -0.2) is 4.98 Å². The monoisotopic (exact) mass is 767 g/mol. The highest BCUT2D eigenvalue weighted by atomic mass is 15.2. The van der Waals surface area contributed by atoms with Crippen molar-refractivity contribution in [2.45, 2.75) is 0 Å². The molecule has 0 saturated carbocycles. The zero-order chi connectivity index (χ0) is 39.8. The van der Waals surface area contributed by atoms with Gasteiger partial charge in [0, 0.05) is 39.0 Å². The second kappa shape index (κ2) is 15.0. The Bertz CT molecular complexity index is 3250. The van der Waals surface area contributed by atoms with E-state index in [0.717, 1.165) is 72.2 Å². The molecule has 0 amide bonds. The summed E-state index contributed by atoms with van der Waals surface area (Å²) in [4.78, 5) is 18.0. The molecule has 282 valence electrons. The van der Waals surface area contributed by atoms with E-state index in [0.29, 0.717) is 17.6 Å². The maximum Gasteiger partial charge on any atom is 0.238 e. The normalized spacial score (nSPS) is 11.3. The van der Waals surface area contributed by atoms with Crippen molar-refractivity contribution in [2.24, 2.45) is 0 Å². The van der Waals surface area contributed by atoms with Crippen LogP contribution in [0.25, 0.3) is 83.6 Å². The second-order valence-electron chi connectivity index (χ2n) is 14.9. The van der Waals surface area contributed by atoms with Crippen LogP contribution in [0.2, 0.25) is 0 Å². The molecule has 2 heterocycles. The first-order valence-electron chi connectivity index (χ1n) is 20.2. The van der Waals surface area contributed by atoms with Crippen molar-refractivity contribution in [1.82, 2.24) is 19.5 Å². The lowest BCUT2D eigenvalue weighted by Gasteiger charge is -2.25. The molecule has 11 rings (SSSR count). The second-order valence-corrected chi connectivity index (χ2v) is 14.9. The average molecular weight is 768 g/mol. The number of fused-ring (bicyclic) bond motifs is 4. The fourth-order valence-electron chi connectivity index (χ4n) is 8.26. The SMILES string of the molecule is c1ccc(-c2ccc3c4ccc(N(c5ccccc5)c5ccccc5)cc4n(-c4nc(-c5ccccc5)nc(-c5ccc(-c6ccc7ccccc7c6)cc5)n4)c3c2)cc1. The molecule has 11 aromatic rings. The highest BCUT2D eigenvalue weighted by Gasteiger charge is 2.21. The molecule has 0 radical (unpaired) electrons. The van der Waals surface area contributed by atoms with Crippen molar-refractivity contribution >= 4 is 49.6 Å². The summed E-state index contributed by atoms with van der Waals surface area (Å²) >= 11 is 0. The minimum absolute atomic E-state index is 0.547. The third-order valence-corrected chi connectivity index (χ3v) is 11.2. The number of para-hydroxylation sites is 2. The van der Waals surface area contributed by atoms with Gasteiger partial charge >= 0.3 is 0 Å². The number of rotatable bonds is 8. The van der Waals surface area contributed by atoms with Gasteiger partial charge in [-0.2, -0.15) is 9.97 Å². The molecular weight excluding hydrogens is 731 g/mol. The van der Waals surface area contributed by atoms with Crippen LogP contribution in [0.5, 0.6) is 0 Å². The van der Waals surface area contributed by atoms with Gasteiger partial charge in [0.1, 0.15) is 0 Å². The van der Waals surface area contributed by atoms with Crippen molar-refractivity contribution in [2.75, 3.05) is 4.90 Å². The maximum absolute atomic E-state index is 5.34. The van der Waals surface area contributed by atoms with Gasteiger partial charge in [0.2, 0.25) is 5.95 Å². The summed E-state index contributed by atoms with van der Waals surface area (Å²) in [7, 11) is 0. The van der Waals surface area contributed by atoms with E-state index in [-0.39, 0.29) is 0 Å². The molecule has 0 spiro atoms. The van der Waals surface area contributed by atoms with Gasteiger partial charge in [-0.05, 0) is 81.6 Å². The quantitative estimate of drug-likeness (QED) is 0.154. The Balaban J connectivity index is 1.13. The molecule has 5 nitrogen and oxygen atoms in total. The van der Waals surface area contributed by atoms with Crippen LogP contribution in [0.4, 0.5) is 17.1 Å². The van der Waals surface area contributed by atoms with Crippen molar-refractivity contribution in [1.29, 1.82) is 0 Å². The first kappa shape index (κ1) is 35.0. The topological polar surface area (TPSA) is 46.8 Å². The molecule has 0 N–H and O–H groups in total. The molecule has 0 bridgehead atoms. The molecule has 0 unspecified atom stereocenters. The van der Waals surface area contributed by atoms with E-state index in [1.165, 1.54) is 10.8 Å². The number of benzene rings is 9. The van der Waals surface area contributed by atoms with Gasteiger partial charge in [0.25, 0.3) is 0 Å². The summed E-state index contributed by atoms with van der Waals surface area (Å²) in [6, 6.07) is 78.8. The number of hydrogen-bond donors (Lipinski definition) is 0. The fraction of sp³-hybridized carbons (Fsp3) is 0. The number of hydrogen-bond acceptors (Lipinski definition) is 4. The van der Waals surface area contributed by atoms with Gasteiger partial charge in [0.15, 0.2) is 11.6 Å². The van der Waals surface area contributed by atoms with Gasteiger partial charge in [-0.1, -0.05) is 176 Å². The summed E-state index contributed by atoms with van der Waals surface area (Å²) in [5.74, 6) is 1.75. The summed E-state index contributed by atoms with van der Waals surface area (Å²) in [6.07, 6.45) is 0. The van der Waals surface area contributed by atoms with E-state index in [4.69, 9.17) is 15.0 Å². The standard InChI is InChI=1S/C55H37N5/c1-5-15-38(16-6-1)45-31-33-49-50-34-32-48(59(46-21-9-3-10-22-46)47-23-11-4-12-24-47)37-52(50)60(51(49)36-45)55-57-53(41-18-7-2-8-19-41)56-54(58-55)42-28-25-40(26-29-42)44-30-27-39-17-13-14-20-43(39)35-44/h1-37H. The van der Waals surface area contributed by atoms with Crippen molar-refractivity contribution in [3.63, 3.8) is 0 Å². The Morgan fingerprint density at radius 2 is 0.750 bits per heavy atom. The molecule has 0 saturated heterocycles. The molecule has 0 atom stereocenters. The van der Waals surface area contributed by atoms with E-state index in [2.05, 4.69) is 216 Å². The first-order valence-corrected chi connectivity index (χ1v) is 20.2. The van der Waals surface area contributed by atoms with E-state index in [9.17, 15) is 0 Å². The van der Waals surface area contributed by atoms with Gasteiger partial charge < -0.3 is 4.90 Å². The van der Waals surface area contributed by atoms with Crippen molar-refractivity contribution in [3.8, 4) is 51.0 Å². The molecule has 2 aromatic heterocycles. The summed E-state index contributed by atoms with van der Waals surface area (Å²) in [5, 5.41) is 4.67. The Morgan fingerprint density at radius 3 is 1.40 bits per heavy atom. The average Bonchev–Trinajstić information content (AvgIpc) is 3.65. The highest BCUT2D eigenvalue weighted by molar-refractivity contribution is 6.11. The summed E-state index contributed by atoms with van der Waals surface area (Å²) < 4.78 is 2.22. The first-order chi connectivity index (χ1) is 29.7. The lowest BCUT2D eigenvalue weighted by Crippen LogP contribution is -2.10. The van der Waals surface area contributed by atoms with E-state index in [1.54, 1.807) is 0 Å². The maximum atomic E-state index is 5.34. The Hall–Kier alpha value is -8.15. The highest BCUT2D eigenvalue weighted by Crippen LogP contribution is 2.40. The summed E-state index contributed by atoms with van der Waals surface area (Å²) in [5.41, 5.74) is 11.5. The van der Waals surface area contributed by atoms with E-state index in [1.807, 2.05) is 18.2 Å². The summed E-state index contributed by atoms with van der Waals surface area (Å²) in [6.45, 7) is 0. The lowest BCUT2D eigenvalue weighted by molar-refractivity contribution is 0.953. The molecule has 60 heavy (non-hydrogen) atoms. The predicted octanol–water partition coefficient (Wildman–Crippen LogP) is 14.3. The number of nitrogens with zero attached hydrogens (tertiary/aromatic N) is 5. The van der Waals surface area contributed by atoms with Crippen LogP contribution in [0.15, 0.2) is 224 Å². The van der Waals surface area contributed by atoms with Crippen LogP contribution < -0.4 is 4.90 Å². The van der Waals surface area contributed by atoms with Crippen LogP contribution in [0.1, 0.15) is 0 Å². The van der Waals surface area contributed by atoms with Gasteiger partial charge in [0.05, 0.1) is 11.0 Å². The molecular formula is C55H37N5. The zero-order valence-electron chi connectivity index (χ0n) is 32.6. The predicted molar refractivity (Wildman–Crippen MR) is 248 cm³/mol. The minimum atomic E-state index is 0.547. The zero-order valence-corrected chi connectivity index (χ0v) is 32.6. The third-order valence-electron chi connectivity index (χ3n) is 11.2. The Morgan fingerprint density at radius 1 is 0.300 bits per heavy atom. The molecule has 0 fully saturated rings. The Labute approximate surface area is 348 Å². The molecule has 0 aliphatic heterocycles. The largest absolute Gasteiger partial charge is 0.310 e. The molecule has 0 aliphatic carbocycles. The third kappa shape index (κ3) is 6.45. The Kier molecular flexibility index (Phi) is 8.75. The van der Waals surface area contributed by atoms with Gasteiger partial charge in [-0.15, -0.1) is 0 Å². The van der Waals surface area contributed by atoms with Crippen LogP contribution in [-0.4, -0.2) is 19.5 Å². The van der Waals surface area contributed by atoms with Gasteiger partial charge in [-0.3, -0.25) is 4.57 Å². The van der Waals surface area contributed by atoms with Crippen LogP contribution in [0.3, 0.4) is 0 Å². The van der Waals surface area contributed by atoms with E-state index >= 15 is 0 Å². The number of aromatic nitrogens is 4. The molecule has 0 aliphatic rings. The number of anilines is 3. The van der Waals surface area contributed by atoms with E-state index < -0.39 is 0 Å². The van der Waals surface area contributed by atoms with Crippen molar-refractivity contribution in [3.05, 3.63) is 224 Å². The smallest absolute Gasteiger partial charge is 0.238 e. The van der Waals surface area contributed by atoms with Crippen LogP contribution >= 0.6 is 0 Å². The lowest BCUT2D eigenvalue weighted by atomic mass is 10.0. The molecule has 5 heteroatoms. The van der Waals surface area contributed by atoms with Crippen LogP contribution in [-0.2, 0) is 0 Å². The minimum Gasteiger partial charge on any atom is -0.310 e. The molecule has 9 aromatic carbocycles. The van der Waals surface area contributed by atoms with Crippen molar-refractivity contribution < 1.29 is 0 Å².